The van der Waals surface area contributed by atoms with E-state index in [1.807, 2.05) is 36.4 Å². The Bertz CT molecular complexity index is 553. The second kappa shape index (κ2) is 6.78. The fraction of sp³-hybridized carbons (Fsp3) is 0.294. The van der Waals surface area contributed by atoms with Crippen molar-refractivity contribution in [3.05, 3.63) is 64.7 Å². The Morgan fingerprint density at radius 2 is 1.75 bits per heavy atom. The van der Waals surface area contributed by atoms with E-state index in [9.17, 15) is 5.11 Å². The van der Waals surface area contributed by atoms with E-state index in [2.05, 4.69) is 19.2 Å². The lowest BCUT2D eigenvalue weighted by atomic mass is 10.0. The van der Waals surface area contributed by atoms with E-state index in [4.69, 9.17) is 11.6 Å². The van der Waals surface area contributed by atoms with Crippen molar-refractivity contribution in [3.63, 3.8) is 0 Å². The molecule has 0 aromatic heterocycles. The summed E-state index contributed by atoms with van der Waals surface area (Å²) in [4.78, 5) is 0. The molecule has 0 aliphatic rings. The van der Waals surface area contributed by atoms with E-state index in [1.54, 1.807) is 12.1 Å². The van der Waals surface area contributed by atoms with Crippen molar-refractivity contribution in [2.75, 3.05) is 0 Å². The summed E-state index contributed by atoms with van der Waals surface area (Å²) >= 11 is 6.24. The van der Waals surface area contributed by atoms with Gasteiger partial charge in [-0.05, 0) is 42.7 Å². The lowest BCUT2D eigenvalue weighted by Crippen LogP contribution is -2.24. The molecule has 3 heteroatoms. The molecule has 2 aromatic rings. The summed E-state index contributed by atoms with van der Waals surface area (Å²) in [5, 5.41) is 13.7. The molecule has 0 saturated carbocycles. The molecule has 2 aromatic carbocycles. The van der Waals surface area contributed by atoms with Gasteiger partial charge in [0.1, 0.15) is 5.75 Å². The molecule has 0 aliphatic heterocycles. The SMILES string of the molecule is CCC(N[C@@H](C)c1ccccc1Cl)c1ccc(O)cc1. The fourth-order valence-corrected chi connectivity index (χ4v) is 2.67. The lowest BCUT2D eigenvalue weighted by molar-refractivity contribution is 0.453. The van der Waals surface area contributed by atoms with Gasteiger partial charge in [-0.3, -0.25) is 0 Å². The van der Waals surface area contributed by atoms with Gasteiger partial charge in [0, 0.05) is 17.1 Å². The average Bonchev–Trinajstić information content (AvgIpc) is 2.46. The summed E-state index contributed by atoms with van der Waals surface area (Å²) in [5.74, 6) is 0.294. The van der Waals surface area contributed by atoms with Crippen molar-refractivity contribution in [1.82, 2.24) is 5.32 Å². The fourth-order valence-electron chi connectivity index (χ4n) is 2.37. The van der Waals surface area contributed by atoms with E-state index >= 15 is 0 Å². The van der Waals surface area contributed by atoms with E-state index < -0.39 is 0 Å². The number of halogens is 1. The van der Waals surface area contributed by atoms with Crippen LogP contribution in [0.15, 0.2) is 48.5 Å². The van der Waals surface area contributed by atoms with E-state index in [0.29, 0.717) is 5.75 Å². The summed E-state index contributed by atoms with van der Waals surface area (Å²) in [6.45, 7) is 4.26. The van der Waals surface area contributed by atoms with Gasteiger partial charge in [-0.25, -0.2) is 0 Å². The number of hydrogen-bond donors (Lipinski definition) is 2. The third-order valence-corrected chi connectivity index (χ3v) is 3.87. The second-order valence-corrected chi connectivity index (χ2v) is 5.37. The molecule has 2 N–H and O–H groups in total. The monoisotopic (exact) mass is 289 g/mol. The minimum atomic E-state index is 0.169. The molecular weight excluding hydrogens is 270 g/mol. The zero-order valence-electron chi connectivity index (χ0n) is 11.8. The molecule has 0 bridgehead atoms. The third-order valence-electron chi connectivity index (χ3n) is 3.53. The Balaban J connectivity index is 2.14. The molecule has 2 nitrogen and oxygen atoms in total. The van der Waals surface area contributed by atoms with Crippen LogP contribution in [0, 0.1) is 0 Å². The highest BCUT2D eigenvalue weighted by Gasteiger charge is 2.15. The summed E-state index contributed by atoms with van der Waals surface area (Å²) in [5.41, 5.74) is 2.27. The number of nitrogens with one attached hydrogen (secondary N) is 1. The first-order valence-corrected chi connectivity index (χ1v) is 7.29. The van der Waals surface area contributed by atoms with Gasteiger partial charge in [0.05, 0.1) is 0 Å². The number of phenolic OH excluding ortho intramolecular Hbond substituents is 1. The number of hydrogen-bond acceptors (Lipinski definition) is 2. The molecule has 0 saturated heterocycles. The summed E-state index contributed by atoms with van der Waals surface area (Å²) in [6, 6.07) is 15.7. The maximum atomic E-state index is 9.37. The predicted molar refractivity (Wildman–Crippen MR) is 84.1 cm³/mol. The molecule has 0 spiro atoms. The van der Waals surface area contributed by atoms with Gasteiger partial charge in [0.2, 0.25) is 0 Å². The van der Waals surface area contributed by atoms with Gasteiger partial charge in [-0.1, -0.05) is 48.9 Å². The number of rotatable bonds is 5. The highest BCUT2D eigenvalue weighted by molar-refractivity contribution is 6.31. The van der Waals surface area contributed by atoms with Crippen molar-refractivity contribution in [2.24, 2.45) is 0 Å². The molecule has 106 valence electrons. The Labute approximate surface area is 125 Å². The van der Waals surface area contributed by atoms with Gasteiger partial charge in [0.25, 0.3) is 0 Å². The van der Waals surface area contributed by atoms with Crippen molar-refractivity contribution in [2.45, 2.75) is 32.4 Å². The second-order valence-electron chi connectivity index (χ2n) is 4.96. The third kappa shape index (κ3) is 3.53. The lowest BCUT2D eigenvalue weighted by Gasteiger charge is -2.23. The van der Waals surface area contributed by atoms with Crippen LogP contribution in [0.5, 0.6) is 5.75 Å². The molecule has 0 amide bonds. The quantitative estimate of drug-likeness (QED) is 0.825. The Hall–Kier alpha value is -1.51. The molecule has 0 radical (unpaired) electrons. The van der Waals surface area contributed by atoms with Crippen molar-refractivity contribution >= 4 is 11.6 Å². The largest absolute Gasteiger partial charge is 0.508 e. The van der Waals surface area contributed by atoms with Crippen LogP contribution in [0.4, 0.5) is 0 Å². The summed E-state index contributed by atoms with van der Waals surface area (Å²) < 4.78 is 0. The minimum Gasteiger partial charge on any atom is -0.508 e. The van der Waals surface area contributed by atoms with Gasteiger partial charge >= 0.3 is 0 Å². The maximum Gasteiger partial charge on any atom is 0.115 e. The van der Waals surface area contributed by atoms with Crippen LogP contribution in [0.3, 0.4) is 0 Å². The van der Waals surface area contributed by atoms with Gasteiger partial charge in [0.15, 0.2) is 0 Å². The molecule has 0 aliphatic carbocycles. The highest BCUT2D eigenvalue weighted by atomic mass is 35.5. The van der Waals surface area contributed by atoms with Gasteiger partial charge in [-0.15, -0.1) is 0 Å². The smallest absolute Gasteiger partial charge is 0.115 e. The van der Waals surface area contributed by atoms with E-state index in [1.165, 1.54) is 5.56 Å². The first kappa shape index (κ1) is 14.9. The first-order chi connectivity index (χ1) is 9.61. The topological polar surface area (TPSA) is 32.3 Å². The van der Waals surface area contributed by atoms with Crippen LogP contribution >= 0.6 is 11.6 Å². The summed E-state index contributed by atoms with van der Waals surface area (Å²) in [6.07, 6.45) is 0.972. The van der Waals surface area contributed by atoms with Gasteiger partial charge < -0.3 is 10.4 Å². The maximum absolute atomic E-state index is 9.37. The zero-order chi connectivity index (χ0) is 14.5. The van der Waals surface area contributed by atoms with Crippen LogP contribution in [-0.2, 0) is 0 Å². The molecule has 0 fully saturated rings. The Morgan fingerprint density at radius 1 is 1.10 bits per heavy atom. The normalized spacial score (nSPS) is 13.9. The molecule has 0 heterocycles. The van der Waals surface area contributed by atoms with E-state index in [-0.39, 0.29) is 12.1 Å². The Morgan fingerprint density at radius 3 is 2.35 bits per heavy atom. The molecule has 20 heavy (non-hydrogen) atoms. The van der Waals surface area contributed by atoms with Crippen molar-refractivity contribution < 1.29 is 5.11 Å². The predicted octanol–water partition coefficient (Wildman–Crippen LogP) is 4.85. The number of aromatic hydroxyl groups is 1. The van der Waals surface area contributed by atoms with Crippen LogP contribution < -0.4 is 5.32 Å². The van der Waals surface area contributed by atoms with E-state index in [0.717, 1.165) is 17.0 Å². The number of benzene rings is 2. The molecule has 2 rings (SSSR count). The Kier molecular flexibility index (Phi) is 5.05. The van der Waals surface area contributed by atoms with Crippen LogP contribution in [0.2, 0.25) is 5.02 Å². The van der Waals surface area contributed by atoms with Crippen LogP contribution in [0.25, 0.3) is 0 Å². The number of phenols is 1. The van der Waals surface area contributed by atoms with Crippen LogP contribution in [0.1, 0.15) is 43.5 Å². The summed E-state index contributed by atoms with van der Waals surface area (Å²) in [7, 11) is 0. The highest BCUT2D eigenvalue weighted by Crippen LogP contribution is 2.27. The average molecular weight is 290 g/mol. The molecular formula is C17H20ClNO. The standard InChI is InChI=1S/C17H20ClNO/c1-3-17(13-8-10-14(20)11-9-13)19-12(2)15-6-4-5-7-16(15)18/h4-12,17,19-20H,3H2,1-2H3/t12-,17?/m0/s1. The molecule has 2 atom stereocenters. The van der Waals surface area contributed by atoms with Crippen molar-refractivity contribution in [3.8, 4) is 5.75 Å². The van der Waals surface area contributed by atoms with Gasteiger partial charge in [-0.2, -0.15) is 0 Å². The zero-order valence-corrected chi connectivity index (χ0v) is 12.6. The van der Waals surface area contributed by atoms with Crippen LogP contribution in [-0.4, -0.2) is 5.11 Å². The molecule has 1 unspecified atom stereocenters. The first-order valence-electron chi connectivity index (χ1n) is 6.91. The minimum absolute atomic E-state index is 0.169. The van der Waals surface area contributed by atoms with Crippen molar-refractivity contribution in [1.29, 1.82) is 0 Å².